The number of likely N-dealkylation sites (tertiary alicyclic amines) is 1. The highest BCUT2D eigenvalue weighted by atomic mass is 19.1. The fraction of sp³-hybridized carbons (Fsp3) is 0.533. The summed E-state index contributed by atoms with van der Waals surface area (Å²) < 4.78 is 26.3. The van der Waals surface area contributed by atoms with Gasteiger partial charge in [0, 0.05) is 19.2 Å². The zero-order valence-corrected chi connectivity index (χ0v) is 11.7. The van der Waals surface area contributed by atoms with Crippen LogP contribution < -0.4 is 0 Å². The summed E-state index contributed by atoms with van der Waals surface area (Å²) in [5.41, 5.74) is -0.773. The second-order valence-corrected chi connectivity index (χ2v) is 5.95. The summed E-state index contributed by atoms with van der Waals surface area (Å²) >= 11 is 0. The van der Waals surface area contributed by atoms with Gasteiger partial charge in [0.05, 0.1) is 0 Å². The average Bonchev–Trinajstić information content (AvgIpc) is 2.73. The van der Waals surface area contributed by atoms with Gasteiger partial charge in [-0.15, -0.1) is 0 Å². The number of hydrogen-bond donors (Lipinski definition) is 1. The predicted octanol–water partition coefficient (Wildman–Crippen LogP) is 2.13. The van der Waals surface area contributed by atoms with E-state index in [4.69, 9.17) is 0 Å². The van der Waals surface area contributed by atoms with E-state index in [0.717, 1.165) is 12.5 Å². The van der Waals surface area contributed by atoms with Gasteiger partial charge in [-0.05, 0) is 50.3 Å². The molecule has 1 heterocycles. The first-order chi connectivity index (χ1) is 9.25. The molecule has 5 heteroatoms. The molecule has 1 aromatic rings. The Labute approximate surface area is 117 Å². The van der Waals surface area contributed by atoms with Crippen LogP contribution in [-0.2, 0) is 11.2 Å². The maximum atomic E-state index is 13.1. The van der Waals surface area contributed by atoms with Crippen molar-refractivity contribution in [2.45, 2.75) is 32.3 Å². The van der Waals surface area contributed by atoms with Crippen molar-refractivity contribution in [1.29, 1.82) is 0 Å². The highest BCUT2D eigenvalue weighted by Gasteiger charge is 2.34. The van der Waals surface area contributed by atoms with Gasteiger partial charge >= 0.3 is 0 Å². The Bertz CT molecular complexity index is 491. The molecule has 1 N–H and O–H groups in total. The third-order valence-electron chi connectivity index (χ3n) is 3.54. The maximum absolute atomic E-state index is 13.1. The third-order valence-corrected chi connectivity index (χ3v) is 3.54. The van der Waals surface area contributed by atoms with Crippen LogP contribution in [0.15, 0.2) is 18.2 Å². The van der Waals surface area contributed by atoms with Crippen LogP contribution in [-0.4, -0.2) is 34.6 Å². The van der Waals surface area contributed by atoms with E-state index in [-0.39, 0.29) is 11.8 Å². The minimum Gasteiger partial charge on any atom is -0.381 e. The van der Waals surface area contributed by atoms with Crippen molar-refractivity contribution in [3.8, 4) is 0 Å². The number of aliphatic hydroxyl groups is 1. The molecular formula is C15H19F2NO2. The number of carbonyl (C=O) groups excluding carboxylic acids is 1. The van der Waals surface area contributed by atoms with Gasteiger partial charge < -0.3 is 10.0 Å². The van der Waals surface area contributed by atoms with Crippen LogP contribution in [0.3, 0.4) is 0 Å². The number of hydrogen-bond acceptors (Lipinski definition) is 2. The number of benzene rings is 1. The number of amides is 1. The maximum Gasteiger partial charge on any atom is 0.253 e. The molecule has 0 aliphatic carbocycles. The Morgan fingerprint density at radius 1 is 1.35 bits per heavy atom. The van der Waals surface area contributed by atoms with E-state index < -0.39 is 17.2 Å². The Morgan fingerprint density at radius 2 is 1.95 bits per heavy atom. The lowest BCUT2D eigenvalue weighted by atomic mass is 9.98. The highest BCUT2D eigenvalue weighted by Crippen LogP contribution is 2.23. The number of halogens is 2. The first-order valence-corrected chi connectivity index (χ1v) is 6.72. The lowest BCUT2D eigenvalue weighted by Gasteiger charge is -2.24. The van der Waals surface area contributed by atoms with Crippen LogP contribution in [0.4, 0.5) is 8.78 Å². The van der Waals surface area contributed by atoms with Crippen molar-refractivity contribution < 1.29 is 18.7 Å². The van der Waals surface area contributed by atoms with Gasteiger partial charge in [-0.25, -0.2) is 8.78 Å². The summed E-state index contributed by atoms with van der Waals surface area (Å²) in [6, 6.07) is 3.50. The number of nitrogens with zero attached hydrogens (tertiary/aromatic N) is 1. The third kappa shape index (κ3) is 3.54. The van der Waals surface area contributed by atoms with Gasteiger partial charge in [0.25, 0.3) is 5.91 Å². The molecule has 1 aromatic carbocycles. The van der Waals surface area contributed by atoms with E-state index in [1.807, 2.05) is 0 Å². The fourth-order valence-corrected chi connectivity index (χ4v) is 2.63. The SMILES string of the molecule is CC(C)(O)C(=O)N1CCC(Cc2cc(F)cc(F)c2)C1. The van der Waals surface area contributed by atoms with Crippen molar-refractivity contribution >= 4 is 5.91 Å². The molecule has 0 saturated carbocycles. The summed E-state index contributed by atoms with van der Waals surface area (Å²) in [7, 11) is 0. The predicted molar refractivity (Wildman–Crippen MR) is 71.0 cm³/mol. The second-order valence-electron chi connectivity index (χ2n) is 5.95. The van der Waals surface area contributed by atoms with Gasteiger partial charge in [-0.3, -0.25) is 4.79 Å². The van der Waals surface area contributed by atoms with Crippen LogP contribution in [0.5, 0.6) is 0 Å². The monoisotopic (exact) mass is 283 g/mol. The molecule has 1 amide bonds. The standard InChI is InChI=1S/C15H19F2NO2/c1-15(2,20)14(19)18-4-3-10(9-18)5-11-6-12(16)8-13(17)7-11/h6-8,10,20H,3-5,9H2,1-2H3. The first kappa shape index (κ1) is 14.9. The Hall–Kier alpha value is -1.49. The minimum atomic E-state index is -1.38. The lowest BCUT2D eigenvalue weighted by Crippen LogP contribution is -2.44. The highest BCUT2D eigenvalue weighted by molar-refractivity contribution is 5.84. The Balaban J connectivity index is 1.98. The molecule has 1 saturated heterocycles. The van der Waals surface area contributed by atoms with Crippen molar-refractivity contribution in [3.05, 3.63) is 35.4 Å². The van der Waals surface area contributed by atoms with Crippen molar-refractivity contribution in [1.82, 2.24) is 4.90 Å². The van der Waals surface area contributed by atoms with Gasteiger partial charge in [-0.2, -0.15) is 0 Å². The van der Waals surface area contributed by atoms with Gasteiger partial charge in [0.15, 0.2) is 0 Å². The fourth-order valence-electron chi connectivity index (χ4n) is 2.63. The molecule has 1 unspecified atom stereocenters. The molecule has 0 radical (unpaired) electrons. The summed E-state index contributed by atoms with van der Waals surface area (Å²) in [4.78, 5) is 13.5. The molecule has 0 spiro atoms. The number of rotatable bonds is 3. The molecule has 2 rings (SSSR count). The van der Waals surface area contributed by atoms with E-state index in [0.29, 0.717) is 25.1 Å². The largest absolute Gasteiger partial charge is 0.381 e. The Morgan fingerprint density at radius 3 is 2.50 bits per heavy atom. The normalized spacial score (nSPS) is 19.4. The zero-order chi connectivity index (χ0) is 14.9. The quantitative estimate of drug-likeness (QED) is 0.923. The lowest BCUT2D eigenvalue weighted by molar-refractivity contribution is -0.146. The van der Waals surface area contributed by atoms with Crippen LogP contribution in [0, 0.1) is 17.6 Å². The molecule has 1 aliphatic heterocycles. The van der Waals surface area contributed by atoms with Crippen LogP contribution in [0.1, 0.15) is 25.8 Å². The smallest absolute Gasteiger partial charge is 0.253 e. The number of carbonyl (C=O) groups is 1. The summed E-state index contributed by atoms with van der Waals surface area (Å²) in [5, 5.41) is 9.70. The van der Waals surface area contributed by atoms with E-state index in [9.17, 15) is 18.7 Å². The molecule has 0 bridgehead atoms. The molecule has 1 fully saturated rings. The molecule has 110 valence electrons. The summed E-state index contributed by atoms with van der Waals surface area (Å²) in [6.07, 6.45) is 1.31. The van der Waals surface area contributed by atoms with E-state index in [1.54, 1.807) is 4.90 Å². The average molecular weight is 283 g/mol. The molecule has 1 aliphatic rings. The van der Waals surface area contributed by atoms with Crippen molar-refractivity contribution in [2.24, 2.45) is 5.92 Å². The summed E-state index contributed by atoms with van der Waals surface area (Å²) in [5.74, 6) is -1.29. The van der Waals surface area contributed by atoms with E-state index >= 15 is 0 Å². The van der Waals surface area contributed by atoms with Crippen LogP contribution in [0.25, 0.3) is 0 Å². The van der Waals surface area contributed by atoms with Crippen LogP contribution >= 0.6 is 0 Å². The van der Waals surface area contributed by atoms with Gasteiger partial charge in [-0.1, -0.05) is 0 Å². The molecule has 3 nitrogen and oxygen atoms in total. The minimum absolute atomic E-state index is 0.169. The van der Waals surface area contributed by atoms with E-state index in [1.165, 1.54) is 26.0 Å². The van der Waals surface area contributed by atoms with Gasteiger partial charge in [0.1, 0.15) is 17.2 Å². The zero-order valence-electron chi connectivity index (χ0n) is 11.7. The van der Waals surface area contributed by atoms with E-state index in [2.05, 4.69) is 0 Å². The van der Waals surface area contributed by atoms with Crippen molar-refractivity contribution in [3.63, 3.8) is 0 Å². The van der Waals surface area contributed by atoms with Gasteiger partial charge in [0.2, 0.25) is 0 Å². The topological polar surface area (TPSA) is 40.5 Å². The molecular weight excluding hydrogens is 264 g/mol. The molecule has 1 atom stereocenters. The van der Waals surface area contributed by atoms with Crippen LogP contribution in [0.2, 0.25) is 0 Å². The van der Waals surface area contributed by atoms with Crippen molar-refractivity contribution in [2.75, 3.05) is 13.1 Å². The molecule has 20 heavy (non-hydrogen) atoms. The second kappa shape index (κ2) is 5.48. The Kier molecular flexibility index (Phi) is 4.09. The molecule has 0 aromatic heterocycles. The summed E-state index contributed by atoms with van der Waals surface area (Å²) in [6.45, 7) is 4.02. The first-order valence-electron chi connectivity index (χ1n) is 6.72.